The molecular weight excluding hydrogens is 400 g/mol. The molecule has 0 radical (unpaired) electrons. The average molecular weight is 421 g/mol. The SMILES string of the molecule is CN1COC(NC(=O)C(C)(C)S(=O)(=O)c2ccc(Cl)cc2)=C1c1ccccc1. The fourth-order valence-electron chi connectivity index (χ4n) is 2.79. The maximum absolute atomic E-state index is 13.0. The van der Waals surface area contributed by atoms with E-state index in [2.05, 4.69) is 5.32 Å². The lowest BCUT2D eigenvalue weighted by atomic mass is 10.1. The van der Waals surface area contributed by atoms with Crippen LogP contribution >= 0.6 is 11.6 Å². The molecular formula is C20H21ClN2O4S. The van der Waals surface area contributed by atoms with Crippen LogP contribution < -0.4 is 5.32 Å². The Labute approximate surface area is 169 Å². The van der Waals surface area contributed by atoms with Gasteiger partial charge >= 0.3 is 0 Å². The molecule has 1 aliphatic rings. The molecule has 6 nitrogen and oxygen atoms in total. The van der Waals surface area contributed by atoms with Gasteiger partial charge in [-0.05, 0) is 38.1 Å². The van der Waals surface area contributed by atoms with Crippen molar-refractivity contribution in [2.24, 2.45) is 0 Å². The minimum atomic E-state index is -3.95. The van der Waals surface area contributed by atoms with Crippen LogP contribution in [0.3, 0.4) is 0 Å². The number of carbonyl (C=O) groups is 1. The summed E-state index contributed by atoms with van der Waals surface area (Å²) < 4.78 is 29.9. The second-order valence-electron chi connectivity index (χ2n) is 6.94. The molecule has 0 saturated heterocycles. The maximum atomic E-state index is 13.0. The summed E-state index contributed by atoms with van der Waals surface area (Å²) in [6.45, 7) is 2.99. The molecule has 28 heavy (non-hydrogen) atoms. The largest absolute Gasteiger partial charge is 0.456 e. The fraction of sp³-hybridized carbons (Fsp3) is 0.250. The normalized spacial score (nSPS) is 14.8. The number of nitrogens with one attached hydrogen (secondary N) is 1. The van der Waals surface area contributed by atoms with Crippen molar-refractivity contribution in [2.45, 2.75) is 23.5 Å². The van der Waals surface area contributed by atoms with Gasteiger partial charge in [0.2, 0.25) is 11.8 Å². The minimum absolute atomic E-state index is 0.0266. The Morgan fingerprint density at radius 3 is 2.32 bits per heavy atom. The van der Waals surface area contributed by atoms with Crippen molar-refractivity contribution in [3.8, 4) is 0 Å². The molecule has 0 aliphatic carbocycles. The molecule has 1 heterocycles. The van der Waals surface area contributed by atoms with Crippen LogP contribution in [0.5, 0.6) is 0 Å². The standard InChI is InChI=1S/C20H21ClN2O4S/c1-20(2,28(25,26)16-11-9-15(21)10-12-16)19(24)22-18-17(23(3)13-27-18)14-7-5-4-6-8-14/h4-12H,13H2,1-3H3,(H,22,24). The first-order valence-electron chi connectivity index (χ1n) is 8.60. The number of rotatable bonds is 5. The van der Waals surface area contributed by atoms with E-state index in [9.17, 15) is 13.2 Å². The second-order valence-corrected chi connectivity index (χ2v) is 9.87. The predicted molar refractivity (Wildman–Crippen MR) is 108 cm³/mol. The van der Waals surface area contributed by atoms with E-state index in [1.807, 2.05) is 42.3 Å². The molecule has 0 bridgehead atoms. The third-order valence-electron chi connectivity index (χ3n) is 4.62. The van der Waals surface area contributed by atoms with E-state index in [-0.39, 0.29) is 17.5 Å². The number of halogens is 1. The van der Waals surface area contributed by atoms with Crippen molar-refractivity contribution in [1.29, 1.82) is 0 Å². The molecule has 0 atom stereocenters. The molecule has 8 heteroatoms. The zero-order valence-electron chi connectivity index (χ0n) is 15.8. The molecule has 3 rings (SSSR count). The predicted octanol–water partition coefficient (Wildman–Crippen LogP) is 3.25. The highest BCUT2D eigenvalue weighted by molar-refractivity contribution is 7.93. The first-order valence-corrected chi connectivity index (χ1v) is 10.5. The van der Waals surface area contributed by atoms with Crippen molar-refractivity contribution >= 4 is 33.0 Å². The van der Waals surface area contributed by atoms with Gasteiger partial charge < -0.3 is 9.64 Å². The zero-order valence-corrected chi connectivity index (χ0v) is 17.3. The monoisotopic (exact) mass is 420 g/mol. The van der Waals surface area contributed by atoms with Gasteiger partial charge in [0.25, 0.3) is 0 Å². The van der Waals surface area contributed by atoms with E-state index < -0.39 is 20.5 Å². The van der Waals surface area contributed by atoms with E-state index >= 15 is 0 Å². The third-order valence-corrected chi connectivity index (χ3v) is 7.29. The van der Waals surface area contributed by atoms with Gasteiger partial charge in [0.15, 0.2) is 16.6 Å². The lowest BCUT2D eigenvalue weighted by molar-refractivity contribution is -0.123. The fourth-order valence-corrected chi connectivity index (χ4v) is 4.30. The van der Waals surface area contributed by atoms with Gasteiger partial charge in [-0.1, -0.05) is 41.9 Å². The summed E-state index contributed by atoms with van der Waals surface area (Å²) in [5, 5.41) is 3.07. The number of nitrogens with zero attached hydrogens (tertiary/aromatic N) is 1. The number of hydrogen-bond donors (Lipinski definition) is 1. The molecule has 1 amide bonds. The van der Waals surface area contributed by atoms with Crippen LogP contribution in [0.1, 0.15) is 19.4 Å². The van der Waals surface area contributed by atoms with Gasteiger partial charge in [0, 0.05) is 17.6 Å². The third kappa shape index (κ3) is 3.59. The van der Waals surface area contributed by atoms with Gasteiger partial charge in [-0.3, -0.25) is 10.1 Å². The highest BCUT2D eigenvalue weighted by atomic mass is 35.5. The molecule has 1 aliphatic heterocycles. The Morgan fingerprint density at radius 1 is 1.11 bits per heavy atom. The lowest BCUT2D eigenvalue weighted by Gasteiger charge is -2.24. The number of amides is 1. The number of ether oxygens (including phenoxy) is 1. The molecule has 0 aromatic heterocycles. The molecule has 148 valence electrons. The molecule has 0 fully saturated rings. The smallest absolute Gasteiger partial charge is 0.248 e. The van der Waals surface area contributed by atoms with E-state index in [4.69, 9.17) is 16.3 Å². The number of sulfone groups is 1. The molecule has 0 spiro atoms. The highest BCUT2D eigenvalue weighted by Crippen LogP contribution is 2.30. The quantitative estimate of drug-likeness (QED) is 0.803. The summed E-state index contributed by atoms with van der Waals surface area (Å²) in [7, 11) is -2.12. The van der Waals surface area contributed by atoms with Crippen LogP contribution in [-0.2, 0) is 19.4 Å². The zero-order chi connectivity index (χ0) is 20.5. The van der Waals surface area contributed by atoms with Gasteiger partial charge in [0.1, 0.15) is 10.4 Å². The summed E-state index contributed by atoms with van der Waals surface area (Å²) in [5.74, 6) is -0.445. The number of hydrogen-bond acceptors (Lipinski definition) is 5. The van der Waals surface area contributed by atoms with Gasteiger partial charge in [-0.2, -0.15) is 0 Å². The van der Waals surface area contributed by atoms with Crippen molar-refractivity contribution < 1.29 is 17.9 Å². The maximum Gasteiger partial charge on any atom is 0.248 e. The number of benzene rings is 2. The van der Waals surface area contributed by atoms with E-state index in [0.717, 1.165) is 5.56 Å². The van der Waals surface area contributed by atoms with Crippen molar-refractivity contribution in [2.75, 3.05) is 13.8 Å². The number of carbonyl (C=O) groups excluding carboxylic acids is 1. The Kier molecular flexibility index (Phi) is 5.41. The summed E-state index contributed by atoms with van der Waals surface area (Å²) in [4.78, 5) is 14.8. The van der Waals surface area contributed by atoms with Crippen LogP contribution in [0.15, 0.2) is 65.4 Å². The average Bonchev–Trinajstić information content (AvgIpc) is 3.02. The Morgan fingerprint density at radius 2 is 1.71 bits per heavy atom. The van der Waals surface area contributed by atoms with Gasteiger partial charge in [-0.15, -0.1) is 0 Å². The van der Waals surface area contributed by atoms with E-state index in [0.29, 0.717) is 10.7 Å². The molecule has 1 N–H and O–H groups in total. The summed E-state index contributed by atoms with van der Waals surface area (Å²) >= 11 is 5.84. The first-order chi connectivity index (χ1) is 13.1. The second kappa shape index (κ2) is 7.48. The molecule has 2 aromatic carbocycles. The van der Waals surface area contributed by atoms with Crippen molar-refractivity contribution in [3.63, 3.8) is 0 Å². The lowest BCUT2D eigenvalue weighted by Crippen LogP contribution is -2.47. The van der Waals surface area contributed by atoms with Crippen LogP contribution in [0, 0.1) is 0 Å². The summed E-state index contributed by atoms with van der Waals surface area (Å²) in [6, 6.07) is 15.2. The molecule has 2 aromatic rings. The van der Waals surface area contributed by atoms with E-state index in [1.54, 1.807) is 0 Å². The Balaban J connectivity index is 1.92. The first kappa shape index (κ1) is 20.2. The van der Waals surface area contributed by atoms with Gasteiger partial charge in [0.05, 0.1) is 4.90 Å². The summed E-state index contributed by atoms with van der Waals surface area (Å²) in [6.07, 6.45) is 0. The van der Waals surface area contributed by atoms with Crippen LogP contribution in [0.25, 0.3) is 5.70 Å². The van der Waals surface area contributed by atoms with Crippen LogP contribution in [0.4, 0.5) is 0 Å². The highest BCUT2D eigenvalue weighted by Gasteiger charge is 2.44. The van der Waals surface area contributed by atoms with Gasteiger partial charge in [-0.25, -0.2) is 8.42 Å². The van der Waals surface area contributed by atoms with Crippen molar-refractivity contribution in [3.05, 3.63) is 71.1 Å². The van der Waals surface area contributed by atoms with Crippen LogP contribution in [-0.4, -0.2) is 37.8 Å². The molecule has 0 saturated carbocycles. The van der Waals surface area contributed by atoms with E-state index in [1.165, 1.54) is 38.1 Å². The summed E-state index contributed by atoms with van der Waals surface area (Å²) in [5.41, 5.74) is 1.55. The topological polar surface area (TPSA) is 75.7 Å². The van der Waals surface area contributed by atoms with Crippen LogP contribution in [0.2, 0.25) is 5.02 Å². The Bertz CT molecular complexity index is 1020. The minimum Gasteiger partial charge on any atom is -0.456 e. The Hall–Kier alpha value is -2.51. The van der Waals surface area contributed by atoms with Crippen molar-refractivity contribution in [1.82, 2.24) is 10.2 Å². The molecule has 0 unspecified atom stereocenters.